The first kappa shape index (κ1) is 23.4. The van der Waals surface area contributed by atoms with Gasteiger partial charge in [0.15, 0.2) is 0 Å². The zero-order chi connectivity index (χ0) is 24.1. The molecule has 0 saturated heterocycles. The lowest BCUT2D eigenvalue weighted by Crippen LogP contribution is -2.21. The van der Waals surface area contributed by atoms with Crippen molar-refractivity contribution in [2.75, 3.05) is 18.0 Å². The van der Waals surface area contributed by atoms with E-state index in [1.807, 2.05) is 28.9 Å². The Morgan fingerprint density at radius 1 is 1.06 bits per heavy atom. The predicted molar refractivity (Wildman–Crippen MR) is 141 cm³/mol. The van der Waals surface area contributed by atoms with Gasteiger partial charge in [0, 0.05) is 47.5 Å². The van der Waals surface area contributed by atoms with E-state index in [9.17, 15) is 5.11 Å². The molecule has 0 aliphatic carbocycles. The summed E-state index contributed by atoms with van der Waals surface area (Å²) in [4.78, 5) is 11.8. The van der Waals surface area contributed by atoms with Crippen molar-refractivity contribution >= 4 is 28.9 Å². The molecule has 0 radical (unpaired) electrons. The minimum absolute atomic E-state index is 0.197. The first-order valence-corrected chi connectivity index (χ1v) is 12.2. The summed E-state index contributed by atoms with van der Waals surface area (Å²) in [5.74, 6) is 0.197. The highest BCUT2D eigenvalue weighted by Crippen LogP contribution is 2.25. The van der Waals surface area contributed by atoms with E-state index >= 15 is 0 Å². The van der Waals surface area contributed by atoms with Crippen LogP contribution in [0.4, 0.5) is 11.4 Å². The summed E-state index contributed by atoms with van der Waals surface area (Å²) in [6.07, 6.45) is 5.13. The molecule has 4 rings (SSSR count). The van der Waals surface area contributed by atoms with Gasteiger partial charge >= 0.3 is 0 Å². The minimum atomic E-state index is 0.197. The Morgan fingerprint density at radius 2 is 1.88 bits per heavy atom. The van der Waals surface area contributed by atoms with Crippen LogP contribution in [0.3, 0.4) is 0 Å². The van der Waals surface area contributed by atoms with Crippen LogP contribution in [-0.2, 0) is 0 Å². The van der Waals surface area contributed by atoms with Crippen LogP contribution >= 0.6 is 11.3 Å². The van der Waals surface area contributed by atoms with Crippen LogP contribution in [0, 0.1) is 13.8 Å². The van der Waals surface area contributed by atoms with Crippen LogP contribution in [0.1, 0.15) is 30.5 Å². The van der Waals surface area contributed by atoms with Crippen LogP contribution in [-0.4, -0.2) is 34.1 Å². The Balaban J connectivity index is 1.79. The van der Waals surface area contributed by atoms with Gasteiger partial charge in [0.2, 0.25) is 4.80 Å². The van der Waals surface area contributed by atoms with Crippen molar-refractivity contribution in [2.24, 2.45) is 10.1 Å². The van der Waals surface area contributed by atoms with Crippen molar-refractivity contribution in [3.05, 3.63) is 87.8 Å². The summed E-state index contributed by atoms with van der Waals surface area (Å²) in [6, 6.07) is 15.8. The van der Waals surface area contributed by atoms with Crippen molar-refractivity contribution in [1.29, 1.82) is 0 Å². The molecule has 0 aliphatic heterocycles. The van der Waals surface area contributed by atoms with Crippen LogP contribution in [0.15, 0.2) is 76.4 Å². The molecule has 0 fully saturated rings. The number of thiazole rings is 1. The standard InChI is InChI=1S/C27H29N5OS/c1-5-31(6-2)24-12-11-22(26(33)15-24)16-29-32-25(21-10-9-19(3)20(4)14-21)18-34-27(32)30-23-8-7-13-28-17-23/h7-18,33H,5-6H2,1-4H3. The molecular formula is C27H29N5OS. The van der Waals surface area contributed by atoms with E-state index in [2.05, 4.69) is 61.2 Å². The number of aromatic nitrogens is 2. The first-order valence-electron chi connectivity index (χ1n) is 11.4. The Bertz CT molecular complexity index is 1370. The smallest absolute Gasteiger partial charge is 0.211 e. The maximum atomic E-state index is 10.7. The number of hydrogen-bond acceptors (Lipinski definition) is 6. The van der Waals surface area contributed by atoms with Crippen molar-refractivity contribution < 1.29 is 5.11 Å². The van der Waals surface area contributed by atoms with E-state index in [1.54, 1.807) is 24.7 Å². The lowest BCUT2D eigenvalue weighted by molar-refractivity contribution is 0.474. The lowest BCUT2D eigenvalue weighted by atomic mass is 10.1. The van der Waals surface area contributed by atoms with Gasteiger partial charge in [-0.05, 0) is 69.2 Å². The molecule has 4 aromatic rings. The predicted octanol–water partition coefficient (Wildman–Crippen LogP) is 5.89. The zero-order valence-corrected chi connectivity index (χ0v) is 20.8. The maximum Gasteiger partial charge on any atom is 0.211 e. The lowest BCUT2D eigenvalue weighted by Gasteiger charge is -2.21. The summed E-state index contributed by atoms with van der Waals surface area (Å²) >= 11 is 1.51. The van der Waals surface area contributed by atoms with Gasteiger partial charge in [-0.1, -0.05) is 12.1 Å². The molecule has 1 N–H and O–H groups in total. The molecule has 0 saturated carbocycles. The van der Waals surface area contributed by atoms with E-state index in [4.69, 9.17) is 10.1 Å². The second kappa shape index (κ2) is 10.5. The van der Waals surface area contributed by atoms with Gasteiger partial charge in [-0.25, -0.2) is 9.67 Å². The summed E-state index contributed by atoms with van der Waals surface area (Å²) in [6.45, 7) is 10.2. The van der Waals surface area contributed by atoms with Crippen molar-refractivity contribution in [2.45, 2.75) is 27.7 Å². The number of rotatable bonds is 7. The Labute approximate surface area is 204 Å². The highest BCUT2D eigenvalue weighted by molar-refractivity contribution is 7.07. The Kier molecular flexibility index (Phi) is 7.23. The van der Waals surface area contributed by atoms with Crippen LogP contribution in [0.25, 0.3) is 11.3 Å². The van der Waals surface area contributed by atoms with Crippen LogP contribution in [0.5, 0.6) is 5.75 Å². The Morgan fingerprint density at radius 3 is 2.56 bits per heavy atom. The largest absolute Gasteiger partial charge is 0.507 e. The average molecular weight is 472 g/mol. The first-order chi connectivity index (χ1) is 16.5. The van der Waals surface area contributed by atoms with Crippen molar-refractivity contribution in [1.82, 2.24) is 9.66 Å². The molecule has 2 aromatic heterocycles. The maximum absolute atomic E-state index is 10.7. The van der Waals surface area contributed by atoms with Gasteiger partial charge in [-0.3, -0.25) is 4.98 Å². The quantitative estimate of drug-likeness (QED) is 0.342. The molecule has 2 aromatic carbocycles. The SMILES string of the molecule is CCN(CC)c1ccc(C=Nn2c(-c3ccc(C)c(C)c3)csc2=Nc2cccnc2)c(O)c1. The number of nitrogens with zero attached hydrogens (tertiary/aromatic N) is 5. The average Bonchev–Trinajstić information content (AvgIpc) is 3.24. The zero-order valence-electron chi connectivity index (χ0n) is 19.9. The second-order valence-corrected chi connectivity index (χ2v) is 8.83. The molecule has 2 heterocycles. The van der Waals surface area contributed by atoms with Crippen molar-refractivity contribution in [3.8, 4) is 17.0 Å². The molecule has 0 amide bonds. The van der Waals surface area contributed by atoms with E-state index < -0.39 is 0 Å². The summed E-state index contributed by atoms with van der Waals surface area (Å²) in [5.41, 5.74) is 6.85. The van der Waals surface area contributed by atoms with E-state index in [1.165, 1.54) is 22.5 Å². The van der Waals surface area contributed by atoms with Gasteiger partial charge in [-0.2, -0.15) is 5.10 Å². The fourth-order valence-electron chi connectivity index (χ4n) is 3.66. The second-order valence-electron chi connectivity index (χ2n) is 8.00. The van der Waals surface area contributed by atoms with Gasteiger partial charge in [0.25, 0.3) is 0 Å². The summed E-state index contributed by atoms with van der Waals surface area (Å²) < 4.78 is 1.82. The molecule has 34 heavy (non-hydrogen) atoms. The molecule has 6 nitrogen and oxygen atoms in total. The molecule has 0 bridgehead atoms. The Hall–Kier alpha value is -3.71. The number of aromatic hydroxyl groups is 1. The van der Waals surface area contributed by atoms with E-state index in [0.29, 0.717) is 5.56 Å². The summed E-state index contributed by atoms with van der Waals surface area (Å²) in [7, 11) is 0. The number of pyridine rings is 1. The fourth-order valence-corrected chi connectivity index (χ4v) is 4.52. The van der Waals surface area contributed by atoms with Gasteiger partial charge in [-0.15, -0.1) is 11.3 Å². The molecule has 0 unspecified atom stereocenters. The molecule has 174 valence electrons. The number of benzene rings is 2. The van der Waals surface area contributed by atoms with Gasteiger partial charge in [0.05, 0.1) is 23.8 Å². The number of aryl methyl sites for hydroxylation is 2. The minimum Gasteiger partial charge on any atom is -0.507 e. The third-order valence-electron chi connectivity index (χ3n) is 5.81. The molecular weight excluding hydrogens is 442 g/mol. The topological polar surface area (TPSA) is 66.0 Å². The third kappa shape index (κ3) is 5.10. The monoisotopic (exact) mass is 471 g/mol. The third-order valence-corrected chi connectivity index (χ3v) is 6.63. The van der Waals surface area contributed by atoms with Crippen LogP contribution < -0.4 is 9.70 Å². The molecule has 0 atom stereocenters. The van der Waals surface area contributed by atoms with Gasteiger partial charge < -0.3 is 10.0 Å². The van der Waals surface area contributed by atoms with E-state index in [0.717, 1.165) is 40.5 Å². The highest BCUT2D eigenvalue weighted by Gasteiger charge is 2.10. The molecule has 7 heteroatoms. The molecule has 0 spiro atoms. The number of phenols is 1. The van der Waals surface area contributed by atoms with E-state index in [-0.39, 0.29) is 5.75 Å². The van der Waals surface area contributed by atoms with Crippen LogP contribution in [0.2, 0.25) is 0 Å². The van der Waals surface area contributed by atoms with Crippen molar-refractivity contribution in [3.63, 3.8) is 0 Å². The number of phenolic OH excluding ortho intramolecular Hbond substituents is 1. The normalized spacial score (nSPS) is 11.9. The number of anilines is 1. The highest BCUT2D eigenvalue weighted by atomic mass is 32.1. The van der Waals surface area contributed by atoms with Gasteiger partial charge in [0.1, 0.15) is 5.75 Å². The summed E-state index contributed by atoms with van der Waals surface area (Å²) in [5, 5.41) is 17.5. The molecule has 0 aliphatic rings. The number of hydrogen-bond donors (Lipinski definition) is 1. The fraction of sp³-hybridized carbons (Fsp3) is 0.222.